The van der Waals surface area contributed by atoms with E-state index in [2.05, 4.69) is 15.7 Å². The van der Waals surface area contributed by atoms with Crippen LogP contribution in [0.2, 0.25) is 5.02 Å². The maximum Gasteiger partial charge on any atom is 0.257 e. The van der Waals surface area contributed by atoms with E-state index in [1.165, 1.54) is 12.3 Å². The van der Waals surface area contributed by atoms with E-state index in [0.717, 1.165) is 5.56 Å². The average Bonchev–Trinajstić information content (AvgIpc) is 2.48. The molecular formula is C13H13ClN4O2. The van der Waals surface area contributed by atoms with Gasteiger partial charge in [0, 0.05) is 11.9 Å². The molecule has 7 heteroatoms. The van der Waals surface area contributed by atoms with Gasteiger partial charge >= 0.3 is 0 Å². The predicted molar refractivity (Wildman–Crippen MR) is 77.4 cm³/mol. The summed E-state index contributed by atoms with van der Waals surface area (Å²) in [6, 6.07) is 8.33. The van der Waals surface area contributed by atoms with Gasteiger partial charge < -0.3 is 15.8 Å². The van der Waals surface area contributed by atoms with Crippen LogP contribution in [-0.4, -0.2) is 16.0 Å². The third kappa shape index (κ3) is 3.24. The number of nitrogens with one attached hydrogen (secondary N) is 2. The molecule has 104 valence electrons. The number of nitrogens with two attached hydrogens (primary N) is 1. The molecule has 0 spiro atoms. The van der Waals surface area contributed by atoms with E-state index < -0.39 is 0 Å². The Morgan fingerprint density at radius 1 is 1.35 bits per heavy atom. The third-order valence-electron chi connectivity index (χ3n) is 2.63. The Hall–Kier alpha value is -2.15. The molecule has 1 aromatic carbocycles. The molecule has 0 saturated carbocycles. The first-order valence-corrected chi connectivity index (χ1v) is 6.15. The topological polar surface area (TPSA) is 100 Å². The van der Waals surface area contributed by atoms with Crippen molar-refractivity contribution in [1.29, 1.82) is 0 Å². The maximum atomic E-state index is 12.0. The summed E-state index contributed by atoms with van der Waals surface area (Å²) in [5.41, 5.74) is 4.03. The first kappa shape index (κ1) is 14.3. The van der Waals surface area contributed by atoms with Crippen LogP contribution in [0, 0.1) is 0 Å². The zero-order chi connectivity index (χ0) is 14.5. The quantitative estimate of drug-likeness (QED) is 0.508. The normalized spacial score (nSPS) is 10.2. The molecule has 0 aliphatic heterocycles. The fraction of sp³-hybridized carbons (Fsp3) is 0.0769. The Labute approximate surface area is 120 Å². The van der Waals surface area contributed by atoms with Crippen LogP contribution in [0.25, 0.3) is 0 Å². The number of anilines is 2. The van der Waals surface area contributed by atoms with Crippen LogP contribution >= 0.6 is 11.6 Å². The lowest BCUT2D eigenvalue weighted by molar-refractivity contribution is 0.102. The second kappa shape index (κ2) is 6.33. The molecule has 1 aromatic heterocycles. The number of nitrogens with zero attached hydrogens (tertiary/aromatic N) is 1. The van der Waals surface area contributed by atoms with Crippen molar-refractivity contribution in [2.45, 2.75) is 6.61 Å². The molecule has 0 aliphatic carbocycles. The molecule has 0 atom stereocenters. The van der Waals surface area contributed by atoms with Gasteiger partial charge in [0.15, 0.2) is 5.82 Å². The number of amides is 1. The summed E-state index contributed by atoms with van der Waals surface area (Å²) in [4.78, 5) is 15.9. The van der Waals surface area contributed by atoms with Gasteiger partial charge in [0.2, 0.25) is 0 Å². The van der Waals surface area contributed by atoms with Gasteiger partial charge in [-0.15, -0.1) is 0 Å². The van der Waals surface area contributed by atoms with Gasteiger partial charge in [0.1, 0.15) is 0 Å². The number of carbonyl (C=O) groups is 1. The lowest BCUT2D eigenvalue weighted by atomic mass is 10.2. The summed E-state index contributed by atoms with van der Waals surface area (Å²) < 4.78 is 0. The Morgan fingerprint density at radius 3 is 2.60 bits per heavy atom. The minimum atomic E-state index is -0.334. The average molecular weight is 293 g/mol. The van der Waals surface area contributed by atoms with E-state index >= 15 is 0 Å². The van der Waals surface area contributed by atoms with Crippen LogP contribution in [0.4, 0.5) is 11.5 Å². The summed E-state index contributed by atoms with van der Waals surface area (Å²) in [6.45, 7) is -0.0404. The molecular weight excluding hydrogens is 280 g/mol. The van der Waals surface area contributed by atoms with Crippen molar-refractivity contribution in [1.82, 2.24) is 4.98 Å². The predicted octanol–water partition coefficient (Wildman–Crippen LogP) is 1.77. The fourth-order valence-electron chi connectivity index (χ4n) is 1.57. The molecule has 1 heterocycles. The first-order valence-electron chi connectivity index (χ1n) is 5.77. The van der Waals surface area contributed by atoms with Gasteiger partial charge in [-0.3, -0.25) is 4.79 Å². The number of rotatable bonds is 4. The molecule has 20 heavy (non-hydrogen) atoms. The van der Waals surface area contributed by atoms with Gasteiger partial charge in [-0.25, -0.2) is 10.8 Å². The Kier molecular flexibility index (Phi) is 4.52. The molecule has 2 rings (SSSR count). The molecule has 5 N–H and O–H groups in total. The highest BCUT2D eigenvalue weighted by Gasteiger charge is 2.09. The zero-order valence-electron chi connectivity index (χ0n) is 10.4. The monoisotopic (exact) mass is 292 g/mol. The van der Waals surface area contributed by atoms with Crippen LogP contribution in [0.3, 0.4) is 0 Å². The second-order valence-electron chi connectivity index (χ2n) is 4.01. The third-order valence-corrected chi connectivity index (χ3v) is 2.92. The van der Waals surface area contributed by atoms with Gasteiger partial charge in [-0.1, -0.05) is 23.7 Å². The molecule has 0 bridgehead atoms. The van der Waals surface area contributed by atoms with E-state index in [-0.39, 0.29) is 17.5 Å². The summed E-state index contributed by atoms with van der Waals surface area (Å²) in [5.74, 6) is 5.18. The summed E-state index contributed by atoms with van der Waals surface area (Å²) >= 11 is 5.90. The number of nitrogen functional groups attached to an aromatic ring is 1. The Morgan fingerprint density at radius 2 is 2.05 bits per heavy atom. The van der Waals surface area contributed by atoms with Crippen LogP contribution in [0.15, 0.2) is 36.5 Å². The molecule has 6 nitrogen and oxygen atoms in total. The van der Waals surface area contributed by atoms with E-state index in [1.807, 2.05) is 0 Å². The fourth-order valence-corrected chi connectivity index (χ4v) is 1.79. The van der Waals surface area contributed by atoms with E-state index in [1.54, 1.807) is 24.3 Å². The number of halogens is 1. The van der Waals surface area contributed by atoms with E-state index in [0.29, 0.717) is 17.1 Å². The number of aromatic nitrogens is 1. The first-order chi connectivity index (χ1) is 9.63. The summed E-state index contributed by atoms with van der Waals surface area (Å²) in [7, 11) is 0. The highest BCUT2D eigenvalue weighted by atomic mass is 35.5. The summed E-state index contributed by atoms with van der Waals surface area (Å²) in [5, 5.41) is 11.9. The molecule has 1 amide bonds. The van der Waals surface area contributed by atoms with E-state index in [9.17, 15) is 4.79 Å². The highest BCUT2D eigenvalue weighted by molar-refractivity contribution is 6.33. The van der Waals surface area contributed by atoms with Crippen molar-refractivity contribution in [3.05, 3.63) is 52.7 Å². The number of carbonyl (C=O) groups excluding carboxylic acids is 1. The number of hydrogen-bond donors (Lipinski definition) is 4. The van der Waals surface area contributed by atoms with Crippen LogP contribution in [-0.2, 0) is 6.61 Å². The molecule has 0 saturated heterocycles. The van der Waals surface area contributed by atoms with Gasteiger partial charge in [0.05, 0.1) is 17.2 Å². The molecule has 2 aromatic rings. The van der Waals surface area contributed by atoms with Crippen molar-refractivity contribution in [2.24, 2.45) is 5.84 Å². The van der Waals surface area contributed by atoms with Gasteiger partial charge in [0.25, 0.3) is 5.91 Å². The number of aliphatic hydroxyl groups excluding tert-OH is 1. The number of hydrogen-bond acceptors (Lipinski definition) is 5. The number of hydrazine groups is 1. The Balaban J connectivity index is 2.12. The zero-order valence-corrected chi connectivity index (χ0v) is 11.2. The maximum absolute atomic E-state index is 12.0. The standard InChI is InChI=1S/C13H13ClN4O2/c14-11-5-9(6-16-12(11)18-15)13(20)17-10-3-1-8(7-19)2-4-10/h1-6,19H,7,15H2,(H,16,18)(H,17,20). The lowest BCUT2D eigenvalue weighted by Crippen LogP contribution is -2.14. The molecule has 0 aliphatic rings. The number of aliphatic hydroxyl groups is 1. The minimum Gasteiger partial charge on any atom is -0.392 e. The lowest BCUT2D eigenvalue weighted by Gasteiger charge is -2.07. The van der Waals surface area contributed by atoms with Crippen LogP contribution in [0.1, 0.15) is 15.9 Å². The van der Waals surface area contributed by atoms with Crippen molar-refractivity contribution >= 4 is 29.0 Å². The van der Waals surface area contributed by atoms with Crippen LogP contribution in [0.5, 0.6) is 0 Å². The van der Waals surface area contributed by atoms with Crippen molar-refractivity contribution in [2.75, 3.05) is 10.7 Å². The van der Waals surface area contributed by atoms with E-state index in [4.69, 9.17) is 22.6 Å². The molecule has 0 fully saturated rings. The Bertz CT molecular complexity index is 616. The van der Waals surface area contributed by atoms with Crippen molar-refractivity contribution in [3.8, 4) is 0 Å². The molecule has 0 radical (unpaired) electrons. The SMILES string of the molecule is NNc1ncc(C(=O)Nc2ccc(CO)cc2)cc1Cl. The highest BCUT2D eigenvalue weighted by Crippen LogP contribution is 2.19. The largest absolute Gasteiger partial charge is 0.392 e. The number of pyridine rings is 1. The second-order valence-corrected chi connectivity index (χ2v) is 4.42. The van der Waals surface area contributed by atoms with Crippen LogP contribution < -0.4 is 16.6 Å². The summed E-state index contributed by atoms with van der Waals surface area (Å²) in [6.07, 6.45) is 1.37. The van der Waals surface area contributed by atoms with Crippen molar-refractivity contribution < 1.29 is 9.90 Å². The smallest absolute Gasteiger partial charge is 0.257 e. The molecule has 0 unspecified atom stereocenters. The van der Waals surface area contributed by atoms with Crippen molar-refractivity contribution in [3.63, 3.8) is 0 Å². The minimum absolute atomic E-state index is 0.0404. The van der Waals surface area contributed by atoms with Gasteiger partial charge in [-0.05, 0) is 23.8 Å². The van der Waals surface area contributed by atoms with Gasteiger partial charge in [-0.2, -0.15) is 0 Å². The number of benzene rings is 1.